The van der Waals surface area contributed by atoms with E-state index in [9.17, 15) is 4.79 Å². The molecule has 1 fully saturated rings. The molecule has 120 valence electrons. The maximum atomic E-state index is 12.4. The molecule has 0 unspecified atom stereocenters. The molecule has 23 heavy (non-hydrogen) atoms. The van der Waals surface area contributed by atoms with Crippen LogP contribution >= 0.6 is 35.7 Å². The zero-order valence-electron chi connectivity index (χ0n) is 13.3. The molecule has 0 atom stereocenters. The molecular weight excluding hydrogens is 344 g/mol. The van der Waals surface area contributed by atoms with E-state index in [-0.39, 0.29) is 11.9 Å². The van der Waals surface area contributed by atoms with E-state index in [1.807, 2.05) is 26.0 Å². The number of para-hydroxylation sites is 1. The molecule has 1 aromatic carbocycles. The summed E-state index contributed by atoms with van der Waals surface area (Å²) in [5, 5.41) is 1.14. The summed E-state index contributed by atoms with van der Waals surface area (Å²) in [4.78, 5) is 18.3. The molecule has 1 saturated heterocycles. The number of hydrogen-bond donors (Lipinski definition) is 0. The van der Waals surface area contributed by atoms with E-state index >= 15 is 0 Å². The third kappa shape index (κ3) is 3.07. The highest BCUT2D eigenvalue weighted by Crippen LogP contribution is 2.45. The minimum absolute atomic E-state index is 0.00964. The van der Waals surface area contributed by atoms with Crippen LogP contribution in [0, 0.1) is 0 Å². The van der Waals surface area contributed by atoms with Gasteiger partial charge in [-0.3, -0.25) is 9.69 Å². The number of thiocarbonyl (C=S) groups is 1. The average molecular weight is 363 g/mol. The fourth-order valence-electron chi connectivity index (χ4n) is 2.59. The molecule has 3 nitrogen and oxygen atoms in total. The first-order chi connectivity index (χ1) is 11.0. The second-order valence-electron chi connectivity index (χ2n) is 5.49. The summed E-state index contributed by atoms with van der Waals surface area (Å²) in [5.74, 6) is 0.00964. The van der Waals surface area contributed by atoms with E-state index < -0.39 is 0 Å². The van der Waals surface area contributed by atoms with E-state index in [2.05, 4.69) is 36.1 Å². The summed E-state index contributed by atoms with van der Waals surface area (Å²) < 4.78 is 0.643. The zero-order chi connectivity index (χ0) is 16.6. The highest BCUT2D eigenvalue weighted by atomic mass is 32.2. The van der Waals surface area contributed by atoms with E-state index in [4.69, 9.17) is 12.2 Å². The zero-order valence-corrected chi connectivity index (χ0v) is 15.7. The Hall–Kier alpha value is -1.24. The first-order valence-electron chi connectivity index (χ1n) is 7.54. The number of carbonyl (C=O) groups excluding carboxylic acids is 1. The van der Waals surface area contributed by atoms with Gasteiger partial charge in [0.15, 0.2) is 0 Å². The topological polar surface area (TPSA) is 23.6 Å². The predicted molar refractivity (Wildman–Crippen MR) is 104 cm³/mol. The average Bonchev–Trinajstić information content (AvgIpc) is 3.01. The Morgan fingerprint density at radius 3 is 2.61 bits per heavy atom. The lowest BCUT2D eigenvalue weighted by Crippen LogP contribution is -2.34. The normalized spacial score (nSPS) is 21.2. The molecule has 2 aliphatic rings. The molecule has 6 heteroatoms. The Morgan fingerprint density at radius 1 is 1.22 bits per heavy atom. The van der Waals surface area contributed by atoms with E-state index in [1.54, 1.807) is 16.7 Å². The van der Waals surface area contributed by atoms with Crippen molar-refractivity contribution in [2.75, 3.05) is 11.4 Å². The number of benzene rings is 1. The number of hydrogen-bond acceptors (Lipinski definition) is 5. The lowest BCUT2D eigenvalue weighted by Gasteiger charge is -2.18. The molecular formula is C17H18N2OS3. The van der Waals surface area contributed by atoms with Gasteiger partial charge in [-0.2, -0.15) is 0 Å². The van der Waals surface area contributed by atoms with Gasteiger partial charge in [-0.05, 0) is 45.1 Å². The summed E-state index contributed by atoms with van der Waals surface area (Å²) in [7, 11) is 0. The number of rotatable bonds is 3. The number of amides is 1. The molecule has 0 aliphatic carbocycles. The fraction of sp³-hybridized carbons (Fsp3) is 0.294. The first-order valence-corrected chi connectivity index (χ1v) is 9.58. The molecule has 2 heterocycles. The van der Waals surface area contributed by atoms with E-state index in [0.717, 1.165) is 11.6 Å². The SMILES string of the molecule is CCN1C(=CC=C2SC(=S)N(C(C)C)C2=O)Sc2ccccc21. The van der Waals surface area contributed by atoms with Gasteiger partial charge in [0.1, 0.15) is 4.32 Å². The highest BCUT2D eigenvalue weighted by molar-refractivity contribution is 8.26. The van der Waals surface area contributed by atoms with Gasteiger partial charge in [0.05, 0.1) is 15.6 Å². The van der Waals surface area contributed by atoms with Crippen LogP contribution in [0.4, 0.5) is 5.69 Å². The maximum Gasteiger partial charge on any atom is 0.266 e. The number of anilines is 1. The lowest BCUT2D eigenvalue weighted by atomic mass is 10.3. The van der Waals surface area contributed by atoms with Gasteiger partial charge in [0.2, 0.25) is 0 Å². The van der Waals surface area contributed by atoms with Crippen molar-refractivity contribution in [1.29, 1.82) is 0 Å². The van der Waals surface area contributed by atoms with Crippen LogP contribution in [0.25, 0.3) is 0 Å². The number of allylic oxidation sites excluding steroid dienone is 2. The van der Waals surface area contributed by atoms with Crippen LogP contribution in [0.1, 0.15) is 20.8 Å². The Balaban J connectivity index is 1.86. The monoisotopic (exact) mass is 362 g/mol. The van der Waals surface area contributed by atoms with E-state index in [0.29, 0.717) is 9.23 Å². The Bertz CT molecular complexity index is 724. The van der Waals surface area contributed by atoms with Crippen LogP contribution < -0.4 is 4.90 Å². The Morgan fingerprint density at radius 2 is 1.96 bits per heavy atom. The summed E-state index contributed by atoms with van der Waals surface area (Å²) in [5.41, 5.74) is 1.23. The number of carbonyl (C=O) groups is 1. The highest BCUT2D eigenvalue weighted by Gasteiger charge is 2.33. The largest absolute Gasteiger partial charge is 0.335 e. The Kier molecular flexibility index (Phi) is 4.85. The van der Waals surface area contributed by atoms with Gasteiger partial charge in [0, 0.05) is 17.5 Å². The molecule has 1 amide bonds. The third-order valence-corrected chi connectivity index (χ3v) is 6.15. The quantitative estimate of drug-likeness (QED) is 0.577. The third-order valence-electron chi connectivity index (χ3n) is 3.67. The van der Waals surface area contributed by atoms with E-state index in [1.165, 1.54) is 22.3 Å². The summed E-state index contributed by atoms with van der Waals surface area (Å²) in [6.45, 7) is 6.99. The minimum Gasteiger partial charge on any atom is -0.335 e. The van der Waals surface area contributed by atoms with Crippen molar-refractivity contribution in [3.63, 3.8) is 0 Å². The van der Waals surface area contributed by atoms with Gasteiger partial charge in [-0.25, -0.2) is 0 Å². The lowest BCUT2D eigenvalue weighted by molar-refractivity contribution is -0.123. The smallest absolute Gasteiger partial charge is 0.266 e. The predicted octanol–water partition coefficient (Wildman–Crippen LogP) is 4.61. The number of thioether (sulfide) groups is 2. The van der Waals surface area contributed by atoms with Crippen molar-refractivity contribution in [3.8, 4) is 0 Å². The fourth-order valence-corrected chi connectivity index (χ4v) is 5.18. The molecule has 0 N–H and O–H groups in total. The second-order valence-corrected chi connectivity index (χ2v) is 8.22. The minimum atomic E-state index is 0.00964. The summed E-state index contributed by atoms with van der Waals surface area (Å²) in [6, 6.07) is 8.46. The number of nitrogens with zero attached hydrogens (tertiary/aromatic N) is 2. The second kappa shape index (κ2) is 6.71. The van der Waals surface area contributed by atoms with Crippen molar-refractivity contribution >= 4 is 51.7 Å². The molecule has 3 rings (SSSR count). The van der Waals surface area contributed by atoms with Gasteiger partial charge < -0.3 is 4.90 Å². The van der Waals surface area contributed by atoms with Crippen LogP contribution in [0.3, 0.4) is 0 Å². The van der Waals surface area contributed by atoms with Crippen molar-refractivity contribution in [1.82, 2.24) is 4.90 Å². The molecule has 1 aromatic rings. The first kappa shape index (κ1) is 16.6. The van der Waals surface area contributed by atoms with Gasteiger partial charge in [0.25, 0.3) is 5.91 Å². The van der Waals surface area contributed by atoms with Crippen LogP contribution in [0.15, 0.2) is 51.2 Å². The molecule has 0 spiro atoms. The number of fused-ring (bicyclic) bond motifs is 1. The van der Waals surface area contributed by atoms with Crippen LogP contribution in [-0.2, 0) is 4.79 Å². The molecule has 0 radical (unpaired) electrons. The summed E-state index contributed by atoms with van der Waals surface area (Å²) in [6.07, 6.45) is 3.93. The van der Waals surface area contributed by atoms with Gasteiger partial charge in [-0.15, -0.1) is 0 Å². The molecule has 0 aromatic heterocycles. The van der Waals surface area contributed by atoms with Crippen molar-refractivity contribution in [2.45, 2.75) is 31.7 Å². The standard InChI is InChI=1S/C17H18N2OS3/c1-4-18-12-7-5-6-8-13(12)22-15(18)10-9-14-16(20)19(11(2)3)17(21)23-14/h5-11H,4H2,1-3H3. The molecule has 0 bridgehead atoms. The van der Waals surface area contributed by atoms with Crippen LogP contribution in [-0.4, -0.2) is 27.7 Å². The van der Waals surface area contributed by atoms with Crippen molar-refractivity contribution in [3.05, 3.63) is 46.4 Å². The molecule has 0 saturated carbocycles. The molecule has 2 aliphatic heterocycles. The summed E-state index contributed by atoms with van der Waals surface area (Å²) >= 11 is 8.43. The van der Waals surface area contributed by atoms with Crippen molar-refractivity contribution in [2.24, 2.45) is 0 Å². The Labute approximate surface area is 150 Å². The van der Waals surface area contributed by atoms with Crippen LogP contribution in [0.5, 0.6) is 0 Å². The van der Waals surface area contributed by atoms with Gasteiger partial charge >= 0.3 is 0 Å². The van der Waals surface area contributed by atoms with Crippen LogP contribution in [0.2, 0.25) is 0 Å². The van der Waals surface area contributed by atoms with Crippen molar-refractivity contribution < 1.29 is 4.79 Å². The van der Waals surface area contributed by atoms with Gasteiger partial charge in [-0.1, -0.05) is 47.9 Å². The maximum absolute atomic E-state index is 12.4.